The summed E-state index contributed by atoms with van der Waals surface area (Å²) in [5.74, 6) is -1.02. The van der Waals surface area contributed by atoms with E-state index in [9.17, 15) is 18.4 Å². The maximum atomic E-state index is 14.1. The van der Waals surface area contributed by atoms with Crippen molar-refractivity contribution in [3.05, 3.63) is 125 Å². The largest absolute Gasteiger partial charge is 0.494 e. The fraction of sp³-hybridized carbons (Fsp3) is 0.325. The van der Waals surface area contributed by atoms with Gasteiger partial charge in [-0.25, -0.2) is 13.3 Å². The first kappa shape index (κ1) is 35.3. The first-order valence-electron chi connectivity index (χ1n) is 17.2. The molecular formula is C40H44F2N3O4+. The van der Waals surface area contributed by atoms with E-state index in [2.05, 4.69) is 23.9 Å². The Morgan fingerprint density at radius 1 is 0.776 bits per heavy atom. The lowest BCUT2D eigenvalue weighted by Gasteiger charge is -2.22. The summed E-state index contributed by atoms with van der Waals surface area (Å²) >= 11 is 0. The molecule has 0 aliphatic heterocycles. The quantitative estimate of drug-likeness (QED) is 0.0737. The molecule has 2 aromatic heterocycles. The van der Waals surface area contributed by atoms with Crippen LogP contribution in [0.3, 0.4) is 0 Å². The highest BCUT2D eigenvalue weighted by Crippen LogP contribution is 2.27. The van der Waals surface area contributed by atoms with Gasteiger partial charge in [-0.05, 0) is 62.6 Å². The third kappa shape index (κ3) is 9.31. The average molecular weight is 669 g/mol. The molecule has 0 saturated heterocycles. The van der Waals surface area contributed by atoms with Crippen molar-refractivity contribution in [1.82, 2.24) is 4.57 Å². The second-order valence-electron chi connectivity index (χ2n) is 12.0. The molecule has 49 heavy (non-hydrogen) atoms. The fourth-order valence-electron chi connectivity index (χ4n) is 5.80. The van der Waals surface area contributed by atoms with E-state index >= 15 is 0 Å². The number of benzene rings is 3. The average Bonchev–Trinajstić information content (AvgIpc) is 3.10. The van der Waals surface area contributed by atoms with Gasteiger partial charge in [-0.3, -0.25) is 9.59 Å². The van der Waals surface area contributed by atoms with E-state index in [1.165, 1.54) is 11.1 Å². The second-order valence-corrected chi connectivity index (χ2v) is 12.0. The van der Waals surface area contributed by atoms with Crippen LogP contribution in [0.25, 0.3) is 16.6 Å². The highest BCUT2D eigenvalue weighted by Gasteiger charge is 2.23. The zero-order chi connectivity index (χ0) is 34.6. The number of halogens is 2. The van der Waals surface area contributed by atoms with E-state index in [0.29, 0.717) is 41.3 Å². The van der Waals surface area contributed by atoms with Crippen LogP contribution in [0.1, 0.15) is 69.2 Å². The molecule has 0 aliphatic carbocycles. The number of carbonyl (C=O) groups excluding carboxylic acids is 1. The number of ether oxygens (including phenoxy) is 2. The molecule has 9 heteroatoms. The molecule has 3 aromatic carbocycles. The second kappa shape index (κ2) is 17.4. The summed E-state index contributed by atoms with van der Waals surface area (Å²) in [6.07, 6.45) is 12.9. The number of unbranched alkanes of at least 4 members (excludes halogenated alkanes) is 5. The number of rotatable bonds is 17. The number of amides is 1. The number of hydrogen-bond acceptors (Lipinski definition) is 4. The number of fused-ring (bicyclic) bond motifs is 1. The minimum absolute atomic E-state index is 0.0289. The van der Waals surface area contributed by atoms with Crippen molar-refractivity contribution >= 4 is 22.5 Å². The minimum Gasteiger partial charge on any atom is -0.494 e. The first-order valence-corrected chi connectivity index (χ1v) is 17.2. The standard InChI is InChI=1S/C40H44F2N3O4/c1-3-5-22-48-34-16-14-15-32(27-34)45-29-37(40(47)44(4-2)33-25-30(41)24-31(42)26-33)39(46)36-18-17-35(28-38(36)45)49-23-13-8-6-7-10-19-43-20-11-9-12-21-43/h9,11-12,14-18,20-21,24-29H,3-8,10,13,19,22-23H2,1-2H3/q+1. The van der Waals surface area contributed by atoms with Crippen molar-refractivity contribution in [2.45, 2.75) is 65.3 Å². The van der Waals surface area contributed by atoms with Crippen LogP contribution in [0.2, 0.25) is 0 Å². The van der Waals surface area contributed by atoms with Crippen LogP contribution in [-0.2, 0) is 6.54 Å². The fourth-order valence-corrected chi connectivity index (χ4v) is 5.80. The highest BCUT2D eigenvalue weighted by atomic mass is 19.1. The van der Waals surface area contributed by atoms with Gasteiger partial charge in [0.1, 0.15) is 35.2 Å². The van der Waals surface area contributed by atoms with Crippen LogP contribution in [0.4, 0.5) is 14.5 Å². The molecule has 256 valence electrons. The van der Waals surface area contributed by atoms with Crippen LogP contribution in [0.15, 0.2) is 102 Å². The summed E-state index contributed by atoms with van der Waals surface area (Å²) in [4.78, 5) is 29.0. The summed E-state index contributed by atoms with van der Waals surface area (Å²) in [6.45, 7) is 5.99. The number of aromatic nitrogens is 2. The maximum Gasteiger partial charge on any atom is 0.263 e. The molecular weight excluding hydrogens is 624 g/mol. The van der Waals surface area contributed by atoms with Crippen molar-refractivity contribution in [1.29, 1.82) is 0 Å². The third-order valence-corrected chi connectivity index (χ3v) is 8.40. The highest BCUT2D eigenvalue weighted by molar-refractivity contribution is 6.07. The van der Waals surface area contributed by atoms with Crippen LogP contribution >= 0.6 is 0 Å². The van der Waals surface area contributed by atoms with Gasteiger partial charge in [-0.2, -0.15) is 0 Å². The molecule has 0 saturated carbocycles. The van der Waals surface area contributed by atoms with Crippen molar-refractivity contribution in [3.63, 3.8) is 0 Å². The van der Waals surface area contributed by atoms with E-state index in [0.717, 1.165) is 69.7 Å². The Balaban J connectivity index is 1.39. The predicted octanol–water partition coefficient (Wildman–Crippen LogP) is 8.43. The molecule has 0 spiro atoms. The van der Waals surface area contributed by atoms with Gasteiger partial charge in [0.15, 0.2) is 12.4 Å². The van der Waals surface area contributed by atoms with Gasteiger partial charge in [0, 0.05) is 66.3 Å². The number of anilines is 1. The zero-order valence-electron chi connectivity index (χ0n) is 28.2. The van der Waals surface area contributed by atoms with Gasteiger partial charge < -0.3 is 18.9 Å². The lowest BCUT2D eigenvalue weighted by Crippen LogP contribution is -2.35. The summed E-state index contributed by atoms with van der Waals surface area (Å²) < 4.78 is 44.3. The van der Waals surface area contributed by atoms with E-state index < -0.39 is 23.0 Å². The summed E-state index contributed by atoms with van der Waals surface area (Å²) in [6, 6.07) is 21.7. The van der Waals surface area contributed by atoms with Crippen molar-refractivity contribution in [3.8, 4) is 17.2 Å². The number of nitrogens with zero attached hydrogens (tertiary/aromatic N) is 3. The molecule has 5 rings (SSSR count). The zero-order valence-corrected chi connectivity index (χ0v) is 28.2. The third-order valence-electron chi connectivity index (χ3n) is 8.40. The summed E-state index contributed by atoms with van der Waals surface area (Å²) in [5, 5.41) is 0.313. The Kier molecular flexibility index (Phi) is 12.5. The van der Waals surface area contributed by atoms with Gasteiger partial charge in [-0.15, -0.1) is 0 Å². The Morgan fingerprint density at radius 2 is 1.47 bits per heavy atom. The Hall–Kier alpha value is -5.05. The lowest BCUT2D eigenvalue weighted by atomic mass is 10.1. The van der Waals surface area contributed by atoms with Gasteiger partial charge in [0.05, 0.1) is 18.7 Å². The molecule has 0 aliphatic rings. The number of pyridine rings is 2. The molecule has 0 unspecified atom stereocenters. The van der Waals surface area contributed by atoms with E-state index in [-0.39, 0.29) is 17.8 Å². The first-order chi connectivity index (χ1) is 23.9. The summed E-state index contributed by atoms with van der Waals surface area (Å²) in [5.41, 5.74) is 0.653. The van der Waals surface area contributed by atoms with Crippen LogP contribution in [0, 0.1) is 11.6 Å². The molecule has 0 bridgehead atoms. The predicted molar refractivity (Wildman–Crippen MR) is 189 cm³/mol. The van der Waals surface area contributed by atoms with Gasteiger partial charge in [-0.1, -0.05) is 38.3 Å². The van der Waals surface area contributed by atoms with E-state index in [1.54, 1.807) is 23.6 Å². The molecule has 5 aromatic rings. The molecule has 2 heterocycles. The molecule has 0 atom stereocenters. The number of hydrogen-bond donors (Lipinski definition) is 0. The Morgan fingerprint density at radius 3 is 2.20 bits per heavy atom. The Bertz CT molecular complexity index is 1890. The maximum absolute atomic E-state index is 14.1. The molecule has 1 amide bonds. The lowest BCUT2D eigenvalue weighted by molar-refractivity contribution is -0.697. The van der Waals surface area contributed by atoms with Crippen LogP contribution in [0.5, 0.6) is 11.5 Å². The van der Waals surface area contributed by atoms with Gasteiger partial charge in [0.25, 0.3) is 5.91 Å². The topological polar surface area (TPSA) is 64.6 Å². The normalized spacial score (nSPS) is 11.1. The van der Waals surface area contributed by atoms with Crippen molar-refractivity contribution < 1.29 is 27.6 Å². The van der Waals surface area contributed by atoms with Gasteiger partial charge in [0.2, 0.25) is 5.43 Å². The summed E-state index contributed by atoms with van der Waals surface area (Å²) in [7, 11) is 0. The SMILES string of the molecule is CCCCOc1cccc(-n2cc(C(=O)N(CC)c3cc(F)cc(F)c3)c(=O)c3ccc(OCCCCCCC[n+]4ccccc4)cc32)c1. The van der Waals surface area contributed by atoms with E-state index in [1.807, 2.05) is 48.5 Å². The minimum atomic E-state index is -0.813. The molecule has 0 fully saturated rings. The van der Waals surface area contributed by atoms with Crippen molar-refractivity contribution in [2.24, 2.45) is 0 Å². The van der Waals surface area contributed by atoms with Crippen molar-refractivity contribution in [2.75, 3.05) is 24.7 Å². The monoisotopic (exact) mass is 668 g/mol. The van der Waals surface area contributed by atoms with Gasteiger partial charge >= 0.3 is 0 Å². The smallest absolute Gasteiger partial charge is 0.263 e. The molecule has 0 N–H and O–H groups in total. The number of aryl methyl sites for hydroxylation is 1. The van der Waals surface area contributed by atoms with Crippen LogP contribution < -0.4 is 24.4 Å². The number of carbonyl (C=O) groups is 1. The Labute approximate surface area is 286 Å². The molecule has 7 nitrogen and oxygen atoms in total. The molecule has 0 radical (unpaired) electrons. The van der Waals surface area contributed by atoms with Crippen LogP contribution in [-0.4, -0.2) is 30.2 Å². The van der Waals surface area contributed by atoms with E-state index in [4.69, 9.17) is 9.47 Å².